The zero-order chi connectivity index (χ0) is 27.8. The summed E-state index contributed by atoms with van der Waals surface area (Å²) < 4.78 is 35.4. The average molecular weight is 597 g/mol. The first-order chi connectivity index (χ1) is 17.2. The van der Waals surface area contributed by atoms with Gasteiger partial charge in [-0.25, -0.2) is 13.9 Å². The Labute approximate surface area is 232 Å². The highest BCUT2D eigenvalue weighted by molar-refractivity contribution is 6.76. The summed E-state index contributed by atoms with van der Waals surface area (Å²) in [5, 5.41) is 12.4. The Bertz CT molecular complexity index is 1090. The number of esters is 1. The molecule has 13 heteroatoms. The van der Waals surface area contributed by atoms with Crippen molar-refractivity contribution in [3.05, 3.63) is 46.5 Å². The van der Waals surface area contributed by atoms with Crippen molar-refractivity contribution in [2.75, 3.05) is 20.3 Å². The molecule has 0 spiro atoms. The van der Waals surface area contributed by atoms with E-state index in [0.717, 1.165) is 23.4 Å². The van der Waals surface area contributed by atoms with E-state index in [9.17, 15) is 9.18 Å². The molecular weight excluding hydrogens is 564 g/mol. The molecule has 2 aromatic rings. The smallest absolute Gasteiger partial charge is 0.337 e. The lowest BCUT2D eigenvalue weighted by atomic mass is 10.1. The van der Waals surface area contributed by atoms with Crippen LogP contribution >= 0.6 is 34.8 Å². The van der Waals surface area contributed by atoms with Gasteiger partial charge in [-0.05, 0) is 49.6 Å². The summed E-state index contributed by atoms with van der Waals surface area (Å²) in [6, 6.07) is 4.83. The lowest BCUT2D eigenvalue weighted by molar-refractivity contribution is 0.0600. The molecule has 0 radical (unpaired) electrons. The third kappa shape index (κ3) is 10.1. The molecule has 0 saturated heterocycles. The molecule has 1 aromatic heterocycles. The molecule has 0 saturated carbocycles. The number of hydrogen-bond acceptors (Lipinski definition) is 7. The number of benzene rings is 1. The van der Waals surface area contributed by atoms with Gasteiger partial charge in [0.2, 0.25) is 5.90 Å². The summed E-state index contributed by atoms with van der Waals surface area (Å²) in [4.78, 5) is 11.7. The van der Waals surface area contributed by atoms with Crippen molar-refractivity contribution in [2.45, 2.75) is 62.6 Å². The van der Waals surface area contributed by atoms with Crippen LogP contribution in [0.25, 0.3) is 0 Å². The van der Waals surface area contributed by atoms with E-state index >= 15 is 0 Å². The van der Waals surface area contributed by atoms with Crippen LogP contribution in [-0.4, -0.2) is 53.8 Å². The normalized spacial score (nSPS) is 11.9. The van der Waals surface area contributed by atoms with Crippen LogP contribution in [-0.2, 0) is 34.0 Å². The van der Waals surface area contributed by atoms with E-state index in [-0.39, 0.29) is 31.3 Å². The maximum absolute atomic E-state index is 14.1. The van der Waals surface area contributed by atoms with Gasteiger partial charge in [-0.3, -0.25) is 5.41 Å². The Morgan fingerprint density at radius 1 is 1.22 bits per heavy atom. The summed E-state index contributed by atoms with van der Waals surface area (Å²) in [6.45, 7) is 9.78. The van der Waals surface area contributed by atoms with E-state index in [1.807, 2.05) is 6.92 Å². The van der Waals surface area contributed by atoms with E-state index in [4.69, 9.17) is 54.4 Å². The fraction of sp³-hybridized carbons (Fsp3) is 0.542. The quantitative estimate of drug-likeness (QED) is 0.0728. The Morgan fingerprint density at radius 2 is 1.92 bits per heavy atom. The van der Waals surface area contributed by atoms with Crippen molar-refractivity contribution in [1.29, 1.82) is 5.41 Å². The average Bonchev–Trinajstić information content (AvgIpc) is 3.11. The molecule has 8 nitrogen and oxygen atoms in total. The van der Waals surface area contributed by atoms with Gasteiger partial charge < -0.3 is 18.9 Å². The fourth-order valence-electron chi connectivity index (χ4n) is 3.25. The molecular formula is C24H33Cl3FN3O5Si. The minimum absolute atomic E-state index is 0.0363. The molecule has 37 heavy (non-hydrogen) atoms. The van der Waals surface area contributed by atoms with E-state index in [1.54, 1.807) is 4.68 Å². The number of carbonyl (C=O) groups excluding carboxylic acids is 1. The van der Waals surface area contributed by atoms with Gasteiger partial charge in [-0.15, -0.1) is 0 Å². The van der Waals surface area contributed by atoms with Crippen molar-refractivity contribution in [3.63, 3.8) is 0 Å². The van der Waals surface area contributed by atoms with Crippen molar-refractivity contribution >= 4 is 54.7 Å². The minimum atomic E-state index is -1.98. The van der Waals surface area contributed by atoms with Gasteiger partial charge >= 0.3 is 5.97 Å². The largest absolute Gasteiger partial charge is 0.490 e. The summed E-state index contributed by atoms with van der Waals surface area (Å²) in [6.07, 6.45) is 1.04. The van der Waals surface area contributed by atoms with E-state index in [0.29, 0.717) is 25.1 Å². The summed E-state index contributed by atoms with van der Waals surface area (Å²) in [7, 11) is 0.0261. The lowest BCUT2D eigenvalue weighted by Crippen LogP contribution is -2.22. The zero-order valence-corrected chi connectivity index (χ0v) is 24.9. The van der Waals surface area contributed by atoms with Crippen LogP contribution < -0.4 is 4.74 Å². The molecule has 0 bridgehead atoms. The van der Waals surface area contributed by atoms with Crippen LogP contribution in [0.2, 0.25) is 25.7 Å². The number of halogens is 4. The number of nitrogens with one attached hydrogen (secondary N) is 1. The SMILES string of the molecule is COC(=O)c1ccc(F)c(OCCCc2c(COC(=N)C(Cl)(Cl)Cl)nn(COCC[Si](C)(C)C)c2C)c1. The van der Waals surface area contributed by atoms with Gasteiger partial charge in [-0.1, -0.05) is 54.4 Å². The topological polar surface area (TPSA) is 95.7 Å². The van der Waals surface area contributed by atoms with Crippen LogP contribution in [0, 0.1) is 18.2 Å². The maximum atomic E-state index is 14.1. The van der Waals surface area contributed by atoms with Crippen LogP contribution in [0.5, 0.6) is 5.75 Å². The Balaban J connectivity index is 2.08. The monoisotopic (exact) mass is 595 g/mol. The van der Waals surface area contributed by atoms with E-state index in [1.165, 1.54) is 19.2 Å². The molecule has 206 valence electrons. The van der Waals surface area contributed by atoms with Gasteiger partial charge in [0.05, 0.1) is 19.3 Å². The Morgan fingerprint density at radius 3 is 2.54 bits per heavy atom. The fourth-order valence-corrected chi connectivity index (χ4v) is 4.17. The highest BCUT2D eigenvalue weighted by atomic mass is 35.6. The second-order valence-corrected chi connectivity index (χ2v) is 17.5. The molecule has 1 N–H and O–H groups in total. The van der Waals surface area contributed by atoms with Gasteiger partial charge in [0.15, 0.2) is 11.6 Å². The first kappa shape index (κ1) is 31.4. The van der Waals surface area contributed by atoms with Crippen LogP contribution in [0.15, 0.2) is 18.2 Å². The van der Waals surface area contributed by atoms with Crippen molar-refractivity contribution in [3.8, 4) is 5.75 Å². The molecule has 0 amide bonds. The first-order valence-electron chi connectivity index (χ1n) is 11.6. The third-order valence-corrected chi connectivity index (χ3v) is 7.63. The number of methoxy groups -OCH3 is 1. The first-order valence-corrected chi connectivity index (χ1v) is 16.5. The van der Waals surface area contributed by atoms with Crippen LogP contribution in [0.1, 0.15) is 33.7 Å². The number of aromatic nitrogens is 2. The maximum Gasteiger partial charge on any atom is 0.337 e. The van der Waals surface area contributed by atoms with Gasteiger partial charge in [0.1, 0.15) is 19.0 Å². The predicted octanol–water partition coefficient (Wildman–Crippen LogP) is 6.31. The predicted molar refractivity (Wildman–Crippen MR) is 145 cm³/mol. The second kappa shape index (κ2) is 13.8. The van der Waals surface area contributed by atoms with Crippen LogP contribution in [0.3, 0.4) is 0 Å². The zero-order valence-electron chi connectivity index (χ0n) is 21.6. The lowest BCUT2D eigenvalue weighted by Gasteiger charge is -2.15. The number of rotatable bonds is 13. The summed E-state index contributed by atoms with van der Waals surface area (Å²) in [5.74, 6) is -1.70. The molecule has 0 fully saturated rings. The standard InChI is InChI=1S/C24H33Cl3FN3O5Si/c1-16-18(7-6-10-35-21-13-17(22(32)33-2)8-9-19(21)28)20(14-36-23(29)24(25,26)27)30-31(16)15-34-11-12-37(3,4)5/h8-9,13,29H,6-7,10-12,14-15H2,1-5H3. The summed E-state index contributed by atoms with van der Waals surface area (Å²) >= 11 is 17.2. The molecule has 1 heterocycles. The van der Waals surface area contributed by atoms with Crippen LogP contribution in [0.4, 0.5) is 4.39 Å². The third-order valence-electron chi connectivity index (χ3n) is 5.42. The molecule has 2 rings (SSSR count). The van der Waals surface area contributed by atoms with Crippen molar-refractivity contribution in [1.82, 2.24) is 9.78 Å². The second-order valence-electron chi connectivity index (χ2n) is 9.56. The Hall–Kier alpha value is -1.85. The molecule has 0 aliphatic rings. The van der Waals surface area contributed by atoms with Gasteiger partial charge in [0.25, 0.3) is 3.79 Å². The van der Waals surface area contributed by atoms with Gasteiger partial charge in [0, 0.05) is 20.4 Å². The van der Waals surface area contributed by atoms with Crippen molar-refractivity contribution in [2.24, 2.45) is 0 Å². The molecule has 0 atom stereocenters. The number of alkyl halides is 3. The number of nitrogens with zero attached hydrogens (tertiary/aromatic N) is 2. The highest BCUT2D eigenvalue weighted by Crippen LogP contribution is 2.28. The number of carbonyl (C=O) groups is 1. The molecule has 0 aliphatic heterocycles. The Kier molecular flexibility index (Phi) is 11.7. The molecule has 0 unspecified atom stereocenters. The highest BCUT2D eigenvalue weighted by Gasteiger charge is 2.29. The molecule has 0 aliphatic carbocycles. The summed E-state index contributed by atoms with van der Waals surface area (Å²) in [5.41, 5.74) is 2.51. The van der Waals surface area contributed by atoms with E-state index in [2.05, 4.69) is 29.5 Å². The van der Waals surface area contributed by atoms with Gasteiger partial charge in [-0.2, -0.15) is 5.10 Å². The van der Waals surface area contributed by atoms with E-state index < -0.39 is 29.6 Å². The van der Waals surface area contributed by atoms with Crippen molar-refractivity contribution < 1.29 is 28.1 Å². The number of hydrogen-bond donors (Lipinski definition) is 1. The minimum Gasteiger partial charge on any atom is -0.490 e. The number of ether oxygens (including phenoxy) is 4. The molecule has 1 aromatic carbocycles.